The van der Waals surface area contributed by atoms with Crippen LogP contribution < -0.4 is 5.32 Å². The van der Waals surface area contributed by atoms with E-state index in [4.69, 9.17) is 5.11 Å². The van der Waals surface area contributed by atoms with E-state index in [1.807, 2.05) is 0 Å². The lowest BCUT2D eigenvalue weighted by Crippen LogP contribution is -2.46. The Kier molecular flexibility index (Phi) is 4.18. The molecule has 1 heterocycles. The zero-order valence-electron chi connectivity index (χ0n) is 9.82. The van der Waals surface area contributed by atoms with Crippen molar-refractivity contribution in [1.82, 2.24) is 10.2 Å². The molecular formula is C12H22N2O2. The molecule has 0 aromatic rings. The topological polar surface area (TPSA) is 52.6 Å². The van der Waals surface area contributed by atoms with Crippen LogP contribution in [0.2, 0.25) is 0 Å². The predicted molar refractivity (Wildman–Crippen MR) is 62.5 cm³/mol. The van der Waals surface area contributed by atoms with Gasteiger partial charge in [-0.2, -0.15) is 0 Å². The highest BCUT2D eigenvalue weighted by Gasteiger charge is 2.32. The summed E-state index contributed by atoms with van der Waals surface area (Å²) < 4.78 is 0. The van der Waals surface area contributed by atoms with Crippen molar-refractivity contribution in [3.63, 3.8) is 0 Å². The molecule has 1 aliphatic carbocycles. The minimum absolute atomic E-state index is 0.284. The molecule has 0 radical (unpaired) electrons. The van der Waals surface area contributed by atoms with E-state index in [9.17, 15) is 4.79 Å². The van der Waals surface area contributed by atoms with Crippen LogP contribution >= 0.6 is 0 Å². The smallest absolute Gasteiger partial charge is 0.303 e. The number of likely N-dealkylation sites (tertiary alicyclic amines) is 1. The van der Waals surface area contributed by atoms with Gasteiger partial charge in [-0.15, -0.1) is 0 Å². The summed E-state index contributed by atoms with van der Waals surface area (Å²) in [5, 5.41) is 12.0. The van der Waals surface area contributed by atoms with Crippen LogP contribution in [0.15, 0.2) is 0 Å². The lowest BCUT2D eigenvalue weighted by molar-refractivity contribution is -0.137. The van der Waals surface area contributed by atoms with Crippen molar-refractivity contribution < 1.29 is 9.90 Å². The molecule has 2 rings (SSSR count). The van der Waals surface area contributed by atoms with E-state index >= 15 is 0 Å². The average molecular weight is 226 g/mol. The summed E-state index contributed by atoms with van der Waals surface area (Å²) in [5.41, 5.74) is 0. The highest BCUT2D eigenvalue weighted by atomic mass is 16.4. The molecule has 2 N–H and O–H groups in total. The summed E-state index contributed by atoms with van der Waals surface area (Å²) in [5.74, 6) is -0.690. The van der Waals surface area contributed by atoms with E-state index in [-0.39, 0.29) is 6.42 Å². The second-order valence-corrected chi connectivity index (χ2v) is 5.02. The molecule has 0 spiro atoms. The maximum absolute atomic E-state index is 10.4. The second kappa shape index (κ2) is 5.64. The fourth-order valence-electron chi connectivity index (χ4n) is 2.49. The minimum atomic E-state index is -0.690. The molecular weight excluding hydrogens is 204 g/mol. The first kappa shape index (κ1) is 11.9. The number of carboxylic acids is 1. The number of hydrogen-bond acceptors (Lipinski definition) is 3. The fourth-order valence-corrected chi connectivity index (χ4v) is 2.49. The normalized spacial score (nSPS) is 26.9. The van der Waals surface area contributed by atoms with Gasteiger partial charge in [-0.05, 0) is 45.2 Å². The first-order chi connectivity index (χ1) is 7.75. The lowest BCUT2D eigenvalue weighted by atomic mass is 10.1. The van der Waals surface area contributed by atoms with E-state index in [1.165, 1.54) is 32.2 Å². The zero-order valence-corrected chi connectivity index (χ0v) is 9.82. The van der Waals surface area contributed by atoms with Crippen LogP contribution in [0.5, 0.6) is 0 Å². The second-order valence-electron chi connectivity index (χ2n) is 5.02. The molecule has 2 aliphatic rings. The molecule has 0 aromatic carbocycles. The van der Waals surface area contributed by atoms with Crippen LogP contribution in [-0.4, -0.2) is 47.7 Å². The van der Waals surface area contributed by atoms with Gasteiger partial charge < -0.3 is 10.4 Å². The van der Waals surface area contributed by atoms with Gasteiger partial charge >= 0.3 is 5.97 Å². The number of carbonyl (C=O) groups is 1. The van der Waals surface area contributed by atoms with Gasteiger partial charge in [0.25, 0.3) is 0 Å². The van der Waals surface area contributed by atoms with Gasteiger partial charge in [0.05, 0.1) is 0 Å². The minimum Gasteiger partial charge on any atom is -0.481 e. The highest BCUT2D eigenvalue weighted by Crippen LogP contribution is 2.29. The molecule has 1 atom stereocenters. The molecule has 92 valence electrons. The largest absolute Gasteiger partial charge is 0.481 e. The Labute approximate surface area is 97.0 Å². The lowest BCUT2D eigenvalue weighted by Gasteiger charge is -2.33. The third-order valence-electron chi connectivity index (χ3n) is 3.52. The number of piperidine rings is 1. The van der Waals surface area contributed by atoms with E-state index < -0.39 is 5.97 Å². The molecule has 4 nitrogen and oxygen atoms in total. The number of aliphatic carboxylic acids is 1. The molecule has 16 heavy (non-hydrogen) atoms. The highest BCUT2D eigenvalue weighted by molar-refractivity contribution is 5.66. The van der Waals surface area contributed by atoms with Gasteiger partial charge in [-0.1, -0.05) is 0 Å². The molecule has 1 unspecified atom stereocenters. The number of hydrogen-bond donors (Lipinski definition) is 2. The standard InChI is InChI=1S/C12H22N2O2/c15-12(16)4-1-7-13-10-3-2-8-14(9-10)11-5-6-11/h10-11,13H,1-9H2,(H,15,16). The van der Waals surface area contributed by atoms with Crippen LogP contribution in [0.4, 0.5) is 0 Å². The van der Waals surface area contributed by atoms with Gasteiger partial charge in [-0.3, -0.25) is 9.69 Å². The number of nitrogens with zero attached hydrogens (tertiary/aromatic N) is 1. The Morgan fingerprint density at radius 1 is 1.38 bits per heavy atom. The van der Waals surface area contributed by atoms with Crippen molar-refractivity contribution in [3.05, 3.63) is 0 Å². The van der Waals surface area contributed by atoms with Crippen molar-refractivity contribution in [3.8, 4) is 0 Å². The Bertz CT molecular complexity index is 241. The summed E-state index contributed by atoms with van der Waals surface area (Å²) >= 11 is 0. The molecule has 1 saturated heterocycles. The predicted octanol–water partition coefficient (Wildman–Crippen LogP) is 1.07. The number of nitrogens with one attached hydrogen (secondary N) is 1. The molecule has 4 heteroatoms. The van der Waals surface area contributed by atoms with Crippen LogP contribution in [0, 0.1) is 0 Å². The Hall–Kier alpha value is -0.610. The van der Waals surface area contributed by atoms with E-state index in [2.05, 4.69) is 10.2 Å². The van der Waals surface area contributed by atoms with Crippen LogP contribution in [0.1, 0.15) is 38.5 Å². The molecule has 2 fully saturated rings. The summed E-state index contributed by atoms with van der Waals surface area (Å²) in [6.45, 7) is 3.27. The Morgan fingerprint density at radius 3 is 2.88 bits per heavy atom. The Balaban J connectivity index is 1.59. The summed E-state index contributed by atoms with van der Waals surface area (Å²) in [4.78, 5) is 13.0. The van der Waals surface area contributed by atoms with Crippen molar-refractivity contribution in [2.24, 2.45) is 0 Å². The molecule has 1 aliphatic heterocycles. The van der Waals surface area contributed by atoms with Crippen LogP contribution in [0.3, 0.4) is 0 Å². The first-order valence-corrected chi connectivity index (χ1v) is 6.45. The summed E-state index contributed by atoms with van der Waals surface area (Å²) in [7, 11) is 0. The maximum Gasteiger partial charge on any atom is 0.303 e. The average Bonchev–Trinajstić information content (AvgIpc) is 3.08. The fraction of sp³-hybridized carbons (Fsp3) is 0.917. The molecule has 0 amide bonds. The van der Waals surface area contributed by atoms with Crippen molar-refractivity contribution in [2.45, 2.75) is 50.6 Å². The monoisotopic (exact) mass is 226 g/mol. The van der Waals surface area contributed by atoms with E-state index in [1.54, 1.807) is 0 Å². The van der Waals surface area contributed by atoms with Crippen molar-refractivity contribution >= 4 is 5.97 Å². The maximum atomic E-state index is 10.4. The quantitative estimate of drug-likeness (QED) is 0.665. The van der Waals surface area contributed by atoms with Crippen LogP contribution in [-0.2, 0) is 4.79 Å². The third-order valence-corrected chi connectivity index (χ3v) is 3.52. The Morgan fingerprint density at radius 2 is 2.19 bits per heavy atom. The van der Waals surface area contributed by atoms with Gasteiger partial charge in [-0.25, -0.2) is 0 Å². The van der Waals surface area contributed by atoms with Crippen molar-refractivity contribution in [2.75, 3.05) is 19.6 Å². The first-order valence-electron chi connectivity index (χ1n) is 6.45. The summed E-state index contributed by atoms with van der Waals surface area (Å²) in [6.07, 6.45) is 6.32. The number of rotatable bonds is 6. The number of carboxylic acid groups (broad SMARTS) is 1. The zero-order chi connectivity index (χ0) is 11.4. The van der Waals surface area contributed by atoms with Gasteiger partial charge in [0.1, 0.15) is 0 Å². The van der Waals surface area contributed by atoms with Gasteiger partial charge in [0, 0.05) is 25.0 Å². The van der Waals surface area contributed by atoms with Crippen LogP contribution in [0.25, 0.3) is 0 Å². The molecule has 0 bridgehead atoms. The molecule has 1 saturated carbocycles. The molecule has 0 aromatic heterocycles. The van der Waals surface area contributed by atoms with Crippen molar-refractivity contribution in [1.29, 1.82) is 0 Å². The summed E-state index contributed by atoms with van der Waals surface area (Å²) in [6, 6.07) is 1.45. The third kappa shape index (κ3) is 3.76. The van der Waals surface area contributed by atoms with E-state index in [0.717, 1.165) is 25.6 Å². The van der Waals surface area contributed by atoms with Gasteiger partial charge in [0.2, 0.25) is 0 Å². The van der Waals surface area contributed by atoms with E-state index in [0.29, 0.717) is 6.04 Å². The SMILES string of the molecule is O=C(O)CCCNC1CCCN(C2CC2)C1. The van der Waals surface area contributed by atoms with Gasteiger partial charge in [0.15, 0.2) is 0 Å².